The maximum absolute atomic E-state index is 12.9. The van der Waals surface area contributed by atoms with Crippen LogP contribution in [0.25, 0.3) is 11.1 Å². The zero-order valence-electron chi connectivity index (χ0n) is 18.0. The van der Waals surface area contributed by atoms with Crippen molar-refractivity contribution in [3.8, 4) is 22.9 Å². The number of hydrogen-bond acceptors (Lipinski definition) is 8. The second-order valence-electron chi connectivity index (χ2n) is 7.63. The molecule has 0 spiro atoms. The zero-order chi connectivity index (χ0) is 24.4. The van der Waals surface area contributed by atoms with E-state index in [9.17, 15) is 9.90 Å². The van der Waals surface area contributed by atoms with Gasteiger partial charge in [-0.2, -0.15) is 0 Å². The van der Waals surface area contributed by atoms with Crippen LogP contribution in [0.5, 0.6) is 11.8 Å². The molecule has 0 radical (unpaired) electrons. The Labute approximate surface area is 205 Å². The molecular formula is C22H21Cl2N7O3. The summed E-state index contributed by atoms with van der Waals surface area (Å²) >= 11 is 12.4. The average Bonchev–Trinajstić information content (AvgIpc) is 3.26. The smallest absolute Gasteiger partial charge is 0.316 e. The van der Waals surface area contributed by atoms with Crippen LogP contribution in [-0.2, 0) is 0 Å². The third-order valence-electron chi connectivity index (χ3n) is 5.44. The molecule has 1 aromatic carbocycles. The Kier molecular flexibility index (Phi) is 6.71. The SMILES string of the molecule is COc1ncc(-c2ccc(C(=O)NC3CCN(c4ncc(Cl)c(C(=N)N)c4O)C3)c(Cl)c2)cn1. The first-order valence-electron chi connectivity index (χ1n) is 10.2. The minimum Gasteiger partial charge on any atom is -0.504 e. The van der Waals surface area contributed by atoms with Crippen molar-refractivity contribution in [3.05, 3.63) is 58.0 Å². The standard InChI is InChI=1S/C22H21Cl2N7O3/c1-34-22-28-7-12(8-29-22)11-2-3-14(15(23)6-11)21(33)30-13-4-5-31(10-13)20-18(32)17(19(25)26)16(24)9-27-20/h2-3,6-9,13,32H,4-5,10H2,1H3,(H3,25,26)(H,30,33). The van der Waals surface area contributed by atoms with Gasteiger partial charge in [0.05, 0.1) is 28.3 Å². The predicted molar refractivity (Wildman–Crippen MR) is 129 cm³/mol. The summed E-state index contributed by atoms with van der Waals surface area (Å²) in [4.78, 5) is 27.0. The van der Waals surface area contributed by atoms with Crippen LogP contribution in [0, 0.1) is 5.41 Å². The van der Waals surface area contributed by atoms with Crippen LogP contribution >= 0.6 is 23.2 Å². The summed E-state index contributed by atoms with van der Waals surface area (Å²) in [6.07, 6.45) is 5.20. The van der Waals surface area contributed by atoms with E-state index in [-0.39, 0.29) is 45.9 Å². The molecule has 5 N–H and O–H groups in total. The summed E-state index contributed by atoms with van der Waals surface area (Å²) in [5, 5.41) is 21.5. The Morgan fingerprint density at radius 2 is 1.94 bits per heavy atom. The number of rotatable bonds is 6. The Morgan fingerprint density at radius 1 is 1.21 bits per heavy atom. The fraction of sp³-hybridized carbons (Fsp3) is 0.227. The van der Waals surface area contributed by atoms with Gasteiger partial charge in [-0.1, -0.05) is 29.3 Å². The molecule has 1 saturated heterocycles. The lowest BCUT2D eigenvalue weighted by molar-refractivity contribution is 0.0940. The van der Waals surface area contributed by atoms with Crippen molar-refractivity contribution in [1.82, 2.24) is 20.3 Å². The van der Waals surface area contributed by atoms with Gasteiger partial charge in [0.15, 0.2) is 11.6 Å². The number of carbonyl (C=O) groups excluding carboxylic acids is 1. The van der Waals surface area contributed by atoms with Gasteiger partial charge < -0.3 is 25.8 Å². The maximum Gasteiger partial charge on any atom is 0.316 e. The number of amidine groups is 1. The van der Waals surface area contributed by atoms with Crippen LogP contribution in [0.3, 0.4) is 0 Å². The molecular weight excluding hydrogens is 481 g/mol. The van der Waals surface area contributed by atoms with Crippen LogP contribution < -0.4 is 20.7 Å². The quantitative estimate of drug-likeness (QED) is 0.297. The number of amides is 1. The summed E-state index contributed by atoms with van der Waals surface area (Å²) in [7, 11) is 1.49. The molecule has 0 aliphatic carbocycles. The van der Waals surface area contributed by atoms with E-state index in [0.29, 0.717) is 30.1 Å². The number of carbonyl (C=O) groups is 1. The number of nitrogens with one attached hydrogen (secondary N) is 2. The Bertz CT molecular complexity index is 1250. The van der Waals surface area contributed by atoms with Gasteiger partial charge in [-0.15, -0.1) is 0 Å². The van der Waals surface area contributed by atoms with Crippen molar-refractivity contribution in [3.63, 3.8) is 0 Å². The number of hydrogen-bond donors (Lipinski definition) is 4. The Balaban J connectivity index is 1.45. The molecule has 0 bridgehead atoms. The fourth-order valence-electron chi connectivity index (χ4n) is 3.74. The second-order valence-corrected chi connectivity index (χ2v) is 8.44. The predicted octanol–water partition coefficient (Wildman–Crippen LogP) is 2.85. The van der Waals surface area contributed by atoms with Crippen molar-refractivity contribution in [2.75, 3.05) is 25.1 Å². The third-order valence-corrected chi connectivity index (χ3v) is 6.04. The maximum atomic E-state index is 12.9. The van der Waals surface area contributed by atoms with Gasteiger partial charge in [0.1, 0.15) is 5.84 Å². The molecule has 3 heterocycles. The number of pyridine rings is 1. The summed E-state index contributed by atoms with van der Waals surface area (Å²) in [5.74, 6) is -0.662. The first kappa shape index (κ1) is 23.5. The number of halogens is 2. The van der Waals surface area contributed by atoms with Crippen molar-refractivity contribution in [2.45, 2.75) is 12.5 Å². The zero-order valence-corrected chi connectivity index (χ0v) is 19.6. The monoisotopic (exact) mass is 501 g/mol. The lowest BCUT2D eigenvalue weighted by atomic mass is 10.1. The minimum atomic E-state index is -0.352. The van der Waals surface area contributed by atoms with Crippen LogP contribution in [0.15, 0.2) is 36.8 Å². The second kappa shape index (κ2) is 9.70. The number of ether oxygens (including phenoxy) is 1. The van der Waals surface area contributed by atoms with Crippen molar-refractivity contribution in [2.24, 2.45) is 5.73 Å². The number of aromatic hydroxyl groups is 1. The number of nitrogen functional groups attached to an aromatic ring is 1. The lowest BCUT2D eigenvalue weighted by Gasteiger charge is -2.20. The minimum absolute atomic E-state index is 0.0354. The van der Waals surface area contributed by atoms with Crippen molar-refractivity contribution in [1.29, 1.82) is 5.41 Å². The number of methoxy groups -OCH3 is 1. The molecule has 1 amide bonds. The number of nitrogens with two attached hydrogens (primary N) is 1. The van der Waals surface area contributed by atoms with Gasteiger partial charge in [-0.25, -0.2) is 15.0 Å². The molecule has 12 heteroatoms. The van der Waals surface area contributed by atoms with E-state index in [1.807, 2.05) is 0 Å². The van der Waals surface area contributed by atoms with Gasteiger partial charge in [-0.3, -0.25) is 10.2 Å². The molecule has 1 aliphatic heterocycles. The molecule has 34 heavy (non-hydrogen) atoms. The highest BCUT2D eigenvalue weighted by atomic mass is 35.5. The molecule has 1 fully saturated rings. The molecule has 2 aromatic heterocycles. The van der Waals surface area contributed by atoms with Crippen LogP contribution in [0.1, 0.15) is 22.3 Å². The number of benzene rings is 1. The van der Waals surface area contributed by atoms with Gasteiger partial charge in [0.25, 0.3) is 5.91 Å². The largest absolute Gasteiger partial charge is 0.504 e. The highest BCUT2D eigenvalue weighted by molar-refractivity contribution is 6.34. The van der Waals surface area contributed by atoms with E-state index < -0.39 is 0 Å². The van der Waals surface area contributed by atoms with E-state index in [0.717, 1.165) is 11.1 Å². The van der Waals surface area contributed by atoms with Crippen molar-refractivity contribution < 1.29 is 14.6 Å². The summed E-state index contributed by atoms with van der Waals surface area (Å²) < 4.78 is 4.96. The first-order valence-corrected chi connectivity index (χ1v) is 11.0. The Hall–Kier alpha value is -3.63. The molecule has 3 aromatic rings. The van der Waals surface area contributed by atoms with Gasteiger partial charge >= 0.3 is 6.01 Å². The molecule has 4 rings (SSSR count). The normalized spacial score (nSPS) is 15.3. The van der Waals surface area contributed by atoms with E-state index in [4.69, 9.17) is 39.1 Å². The number of nitrogens with zero attached hydrogens (tertiary/aromatic N) is 4. The topological polar surface area (TPSA) is 150 Å². The summed E-state index contributed by atoms with van der Waals surface area (Å²) in [6, 6.07) is 5.16. The van der Waals surface area contributed by atoms with E-state index >= 15 is 0 Å². The van der Waals surface area contributed by atoms with E-state index in [1.54, 1.807) is 35.5 Å². The highest BCUT2D eigenvalue weighted by Gasteiger charge is 2.29. The molecule has 0 saturated carbocycles. The van der Waals surface area contributed by atoms with Gasteiger partial charge in [0.2, 0.25) is 0 Å². The van der Waals surface area contributed by atoms with Crippen LogP contribution in [-0.4, -0.2) is 58.0 Å². The molecule has 1 unspecified atom stereocenters. The lowest BCUT2D eigenvalue weighted by Crippen LogP contribution is -2.37. The number of anilines is 1. The molecule has 176 valence electrons. The molecule has 10 nitrogen and oxygen atoms in total. The van der Waals surface area contributed by atoms with Gasteiger partial charge in [0, 0.05) is 43.3 Å². The van der Waals surface area contributed by atoms with E-state index in [1.165, 1.54) is 13.3 Å². The molecule has 1 aliphatic rings. The van der Waals surface area contributed by atoms with E-state index in [2.05, 4.69) is 20.3 Å². The summed E-state index contributed by atoms with van der Waals surface area (Å²) in [5.41, 5.74) is 7.40. The van der Waals surface area contributed by atoms with Crippen LogP contribution in [0.4, 0.5) is 5.82 Å². The van der Waals surface area contributed by atoms with Crippen molar-refractivity contribution >= 4 is 40.8 Å². The molecule has 1 atom stereocenters. The summed E-state index contributed by atoms with van der Waals surface area (Å²) in [6.45, 7) is 0.943. The highest BCUT2D eigenvalue weighted by Crippen LogP contribution is 2.34. The first-order chi connectivity index (χ1) is 16.3. The fourth-order valence-corrected chi connectivity index (χ4v) is 4.25. The third kappa shape index (κ3) is 4.68. The Morgan fingerprint density at radius 3 is 2.59 bits per heavy atom. The van der Waals surface area contributed by atoms with Gasteiger partial charge in [-0.05, 0) is 24.1 Å². The number of aromatic nitrogens is 3. The average molecular weight is 502 g/mol. The van der Waals surface area contributed by atoms with Crippen LogP contribution in [0.2, 0.25) is 10.0 Å².